The number of fused-ring (bicyclic) bond motifs is 1. The van der Waals surface area contributed by atoms with Crippen molar-refractivity contribution < 1.29 is 0 Å². The summed E-state index contributed by atoms with van der Waals surface area (Å²) in [6, 6.07) is 41.3. The van der Waals surface area contributed by atoms with Crippen molar-refractivity contribution in [2.75, 3.05) is 0 Å². The molecule has 0 N–H and O–H groups in total. The molecule has 5 heteroatoms. The Morgan fingerprint density at radius 2 is 1.19 bits per heavy atom. The minimum Gasteiger partial charge on any atom is -0.256 e. The molecule has 0 radical (unpaired) electrons. The molecule has 3 aromatic heterocycles. The summed E-state index contributed by atoms with van der Waals surface area (Å²) in [6.07, 6.45) is 9.26. The maximum Gasteiger partial charge on any atom is 0.164 e. The lowest BCUT2D eigenvalue weighted by Gasteiger charge is -2.14. The van der Waals surface area contributed by atoms with Crippen LogP contribution >= 0.6 is 0 Å². The highest BCUT2D eigenvalue weighted by molar-refractivity contribution is 5.86. The Morgan fingerprint density at radius 3 is 1.85 bits per heavy atom. The van der Waals surface area contributed by atoms with Gasteiger partial charge >= 0.3 is 0 Å². The summed E-state index contributed by atoms with van der Waals surface area (Å²) in [5, 5.41) is 1.08. The maximum atomic E-state index is 5.20. The van der Waals surface area contributed by atoms with Gasteiger partial charge in [-0.1, -0.05) is 104 Å². The summed E-state index contributed by atoms with van der Waals surface area (Å²) < 4.78 is 0. The van der Waals surface area contributed by atoms with Crippen molar-refractivity contribution in [3.05, 3.63) is 157 Å². The van der Waals surface area contributed by atoms with Gasteiger partial charge in [-0.3, -0.25) is 4.98 Å². The largest absolute Gasteiger partial charge is 0.256 e. The molecule has 5 nitrogen and oxygen atoms in total. The Hall–Kier alpha value is -6.07. The average Bonchev–Trinajstić information content (AvgIpc) is 3.14. The molecule has 0 saturated carbocycles. The molecule has 0 aliphatic carbocycles. The van der Waals surface area contributed by atoms with E-state index in [2.05, 4.69) is 74.5 Å². The van der Waals surface area contributed by atoms with E-state index in [1.165, 1.54) is 0 Å². The molecule has 7 aromatic rings. The zero-order valence-electron chi connectivity index (χ0n) is 27.3. The Kier molecular flexibility index (Phi) is 8.75. The molecule has 0 unspecified atom stereocenters. The van der Waals surface area contributed by atoms with E-state index < -0.39 is 0 Å². The van der Waals surface area contributed by atoms with Gasteiger partial charge in [0.05, 0.1) is 16.9 Å². The molecule has 4 aromatic carbocycles. The third kappa shape index (κ3) is 6.58. The van der Waals surface area contributed by atoms with Crippen LogP contribution in [0.3, 0.4) is 0 Å². The first-order chi connectivity index (χ1) is 23.6. The predicted octanol–water partition coefficient (Wildman–Crippen LogP) is 10.8. The maximum absolute atomic E-state index is 5.20. The van der Waals surface area contributed by atoms with Gasteiger partial charge in [-0.05, 0) is 79.4 Å². The number of allylic oxidation sites excluding steroid dienone is 4. The molecule has 3 heterocycles. The molecule has 48 heavy (non-hydrogen) atoms. The standard InChI is InChI=1S/C43H35N5/c1-4-14-30(15-5-2)39-22-29(3)23-40(45-39)35-25-34(37-24-33-20-12-13-21-38(33)44-28-37)26-36(27-35)43-47-41(31-16-8-6-9-17-31)46-42(48-43)32-18-10-7-11-19-32/h4,6-28H,5H2,1-3H3/b14-4-,30-15+. The number of para-hydroxylation sites is 1. The van der Waals surface area contributed by atoms with E-state index in [0.29, 0.717) is 17.5 Å². The Labute approximate surface area is 281 Å². The van der Waals surface area contributed by atoms with Gasteiger partial charge < -0.3 is 0 Å². The zero-order valence-corrected chi connectivity index (χ0v) is 27.3. The lowest BCUT2D eigenvalue weighted by atomic mass is 9.96. The smallest absolute Gasteiger partial charge is 0.164 e. The quantitative estimate of drug-likeness (QED) is 0.158. The number of pyridine rings is 2. The van der Waals surface area contributed by atoms with Gasteiger partial charge in [0, 0.05) is 39.4 Å². The van der Waals surface area contributed by atoms with Crippen LogP contribution in [0.1, 0.15) is 31.5 Å². The van der Waals surface area contributed by atoms with Crippen LogP contribution in [-0.4, -0.2) is 24.9 Å². The van der Waals surface area contributed by atoms with E-state index in [9.17, 15) is 0 Å². The van der Waals surface area contributed by atoms with E-state index in [4.69, 9.17) is 24.9 Å². The summed E-state index contributed by atoms with van der Waals surface area (Å²) >= 11 is 0. The second-order valence-electron chi connectivity index (χ2n) is 11.7. The van der Waals surface area contributed by atoms with Crippen molar-refractivity contribution in [3.63, 3.8) is 0 Å². The fraction of sp³-hybridized carbons (Fsp3) is 0.0930. The third-order valence-electron chi connectivity index (χ3n) is 8.15. The van der Waals surface area contributed by atoms with Crippen LogP contribution in [0.15, 0.2) is 146 Å². The SMILES string of the molecule is C/C=C\C(=C/CC)c1cc(C)cc(-c2cc(-c3cnc4ccccc4c3)cc(-c3nc(-c4ccccc4)nc(-c4ccccc4)n3)c2)n1. The van der Waals surface area contributed by atoms with Crippen molar-refractivity contribution in [2.24, 2.45) is 0 Å². The van der Waals surface area contributed by atoms with Crippen LogP contribution in [0.2, 0.25) is 0 Å². The van der Waals surface area contributed by atoms with E-state index in [-0.39, 0.29) is 0 Å². The molecule has 232 valence electrons. The van der Waals surface area contributed by atoms with E-state index >= 15 is 0 Å². The van der Waals surface area contributed by atoms with Crippen LogP contribution < -0.4 is 0 Å². The van der Waals surface area contributed by atoms with Crippen LogP contribution in [0.25, 0.3) is 73.0 Å². The lowest BCUT2D eigenvalue weighted by molar-refractivity contribution is 1.07. The molecule has 0 saturated heterocycles. The molecule has 0 bridgehead atoms. The Morgan fingerprint density at radius 1 is 0.583 bits per heavy atom. The second kappa shape index (κ2) is 13.7. The third-order valence-corrected chi connectivity index (χ3v) is 8.15. The van der Waals surface area contributed by atoms with Crippen LogP contribution in [0.4, 0.5) is 0 Å². The first kappa shape index (κ1) is 30.6. The van der Waals surface area contributed by atoms with Crippen LogP contribution in [0, 0.1) is 6.92 Å². The molecule has 0 amide bonds. The van der Waals surface area contributed by atoms with Gasteiger partial charge in [0.15, 0.2) is 17.5 Å². The highest BCUT2D eigenvalue weighted by atomic mass is 15.0. The Bertz CT molecular complexity index is 2230. The van der Waals surface area contributed by atoms with Crippen molar-refractivity contribution >= 4 is 16.5 Å². The molecule has 0 fully saturated rings. The van der Waals surface area contributed by atoms with Gasteiger partial charge in [-0.15, -0.1) is 0 Å². The first-order valence-corrected chi connectivity index (χ1v) is 16.3. The first-order valence-electron chi connectivity index (χ1n) is 16.3. The number of hydrogen-bond donors (Lipinski definition) is 0. The summed E-state index contributed by atoms with van der Waals surface area (Å²) in [4.78, 5) is 25.0. The monoisotopic (exact) mass is 621 g/mol. The molecule has 0 spiro atoms. The molecule has 0 aliphatic rings. The molecule has 0 aliphatic heterocycles. The van der Waals surface area contributed by atoms with Gasteiger partial charge in [0.1, 0.15) is 0 Å². The fourth-order valence-corrected chi connectivity index (χ4v) is 5.86. The van der Waals surface area contributed by atoms with E-state index in [1.807, 2.05) is 92.0 Å². The summed E-state index contributed by atoms with van der Waals surface area (Å²) in [5.74, 6) is 1.83. The van der Waals surface area contributed by atoms with Crippen LogP contribution in [0.5, 0.6) is 0 Å². The van der Waals surface area contributed by atoms with Crippen molar-refractivity contribution in [3.8, 4) is 56.5 Å². The van der Waals surface area contributed by atoms with Gasteiger partial charge in [-0.25, -0.2) is 19.9 Å². The van der Waals surface area contributed by atoms with E-state index in [0.717, 1.165) is 73.2 Å². The predicted molar refractivity (Wildman–Crippen MR) is 198 cm³/mol. The summed E-state index contributed by atoms with van der Waals surface area (Å²) in [7, 11) is 0. The molecule has 0 atom stereocenters. The minimum absolute atomic E-state index is 0.591. The van der Waals surface area contributed by atoms with Gasteiger partial charge in [0.2, 0.25) is 0 Å². The minimum atomic E-state index is 0.591. The second-order valence-corrected chi connectivity index (χ2v) is 11.7. The summed E-state index contributed by atoms with van der Waals surface area (Å²) in [5.41, 5.74) is 10.7. The van der Waals surface area contributed by atoms with Crippen molar-refractivity contribution in [2.45, 2.75) is 27.2 Å². The number of rotatable bonds is 8. The number of hydrogen-bond acceptors (Lipinski definition) is 5. The molecular formula is C43H35N5. The Balaban J connectivity index is 1.47. The van der Waals surface area contributed by atoms with E-state index in [1.54, 1.807) is 0 Å². The van der Waals surface area contributed by atoms with Crippen molar-refractivity contribution in [1.82, 2.24) is 24.9 Å². The summed E-state index contributed by atoms with van der Waals surface area (Å²) in [6.45, 7) is 6.31. The number of aryl methyl sites for hydroxylation is 1. The number of aromatic nitrogens is 5. The number of nitrogens with zero attached hydrogens (tertiary/aromatic N) is 5. The topological polar surface area (TPSA) is 64.5 Å². The molecular weight excluding hydrogens is 587 g/mol. The highest BCUT2D eigenvalue weighted by Gasteiger charge is 2.16. The van der Waals surface area contributed by atoms with Gasteiger partial charge in [-0.2, -0.15) is 0 Å². The zero-order chi connectivity index (χ0) is 32.9. The van der Waals surface area contributed by atoms with Crippen molar-refractivity contribution in [1.29, 1.82) is 0 Å². The van der Waals surface area contributed by atoms with Crippen LogP contribution in [-0.2, 0) is 0 Å². The normalized spacial score (nSPS) is 11.8. The van der Waals surface area contributed by atoms with Gasteiger partial charge in [0.25, 0.3) is 0 Å². The lowest BCUT2D eigenvalue weighted by Crippen LogP contribution is -2.01. The fourth-order valence-electron chi connectivity index (χ4n) is 5.86. The molecule has 7 rings (SSSR count). The number of benzene rings is 4. The average molecular weight is 622 g/mol. The highest BCUT2D eigenvalue weighted by Crippen LogP contribution is 2.34.